The van der Waals surface area contributed by atoms with Crippen molar-refractivity contribution in [2.24, 2.45) is 0 Å². The van der Waals surface area contributed by atoms with Crippen LogP contribution in [0, 0.1) is 0 Å². The molecule has 0 spiro atoms. The van der Waals surface area contributed by atoms with Crippen LogP contribution in [0.3, 0.4) is 0 Å². The highest BCUT2D eigenvalue weighted by molar-refractivity contribution is 9.10. The van der Waals surface area contributed by atoms with E-state index in [-0.39, 0.29) is 30.0 Å². The molecule has 1 saturated heterocycles. The summed E-state index contributed by atoms with van der Waals surface area (Å²) in [5, 5.41) is 12.0. The lowest BCUT2D eigenvalue weighted by Crippen LogP contribution is -2.45. The number of amides is 1. The minimum absolute atomic E-state index is 0.110. The highest BCUT2D eigenvalue weighted by atomic mass is 79.9. The van der Waals surface area contributed by atoms with Gasteiger partial charge in [-0.3, -0.25) is 9.59 Å². The molecule has 1 aliphatic heterocycles. The van der Waals surface area contributed by atoms with Gasteiger partial charge >= 0.3 is 0 Å². The molecule has 0 bridgehead atoms. The van der Waals surface area contributed by atoms with E-state index in [0.717, 1.165) is 22.1 Å². The number of rotatable bonds is 4. The molecule has 0 aliphatic carbocycles. The van der Waals surface area contributed by atoms with Crippen LogP contribution in [0.25, 0.3) is 10.8 Å². The summed E-state index contributed by atoms with van der Waals surface area (Å²) in [6, 6.07) is 5.39. The first-order valence-corrected chi connectivity index (χ1v) is 9.53. The second kappa shape index (κ2) is 8.28. The monoisotopic (exact) mass is 422 g/mol. The predicted octanol–water partition coefficient (Wildman–Crippen LogP) is 1.39. The highest BCUT2D eigenvalue weighted by Gasteiger charge is 2.18. The van der Waals surface area contributed by atoms with Gasteiger partial charge in [-0.1, -0.05) is 29.8 Å². The number of nitrogens with one attached hydrogen (secondary N) is 2. The molecule has 1 aliphatic rings. The summed E-state index contributed by atoms with van der Waals surface area (Å²) < 4.78 is 7.58. The van der Waals surface area contributed by atoms with Crippen LogP contribution in [-0.4, -0.2) is 48.0 Å². The van der Waals surface area contributed by atoms with Gasteiger partial charge in [0, 0.05) is 22.9 Å². The molecule has 2 N–H and O–H groups in total. The lowest BCUT2D eigenvalue weighted by atomic mass is 10.0. The van der Waals surface area contributed by atoms with E-state index >= 15 is 0 Å². The summed E-state index contributed by atoms with van der Waals surface area (Å²) in [6.45, 7) is 6.44. The first-order valence-electron chi connectivity index (χ1n) is 8.74. The Labute approximate surface area is 160 Å². The van der Waals surface area contributed by atoms with Crippen molar-refractivity contribution in [1.82, 2.24) is 20.4 Å². The van der Waals surface area contributed by atoms with Crippen molar-refractivity contribution >= 4 is 32.6 Å². The van der Waals surface area contributed by atoms with E-state index in [0.29, 0.717) is 25.1 Å². The number of carbonyl (C=O) groups excluding carboxylic acids is 1. The Morgan fingerprint density at radius 1 is 1.46 bits per heavy atom. The molecule has 1 fully saturated rings. The molecule has 1 amide bonds. The third-order valence-electron chi connectivity index (χ3n) is 4.29. The van der Waals surface area contributed by atoms with E-state index in [1.807, 2.05) is 26.0 Å². The number of benzene rings is 1. The molecule has 1 aromatic heterocycles. The quantitative estimate of drug-likeness (QED) is 0.777. The van der Waals surface area contributed by atoms with Crippen LogP contribution in [0.15, 0.2) is 27.5 Å². The summed E-state index contributed by atoms with van der Waals surface area (Å²) >= 11 is 3.44. The predicted molar refractivity (Wildman–Crippen MR) is 103 cm³/mol. The number of aromatic nitrogens is 2. The molecule has 0 saturated carbocycles. The molecule has 26 heavy (non-hydrogen) atoms. The number of ether oxygens (including phenoxy) is 1. The molecule has 140 valence electrons. The minimum atomic E-state index is -0.262. The van der Waals surface area contributed by atoms with Crippen molar-refractivity contribution in [3.63, 3.8) is 0 Å². The summed E-state index contributed by atoms with van der Waals surface area (Å²) in [5.41, 5.74) is 0.537. The fourth-order valence-electron chi connectivity index (χ4n) is 3.02. The normalized spacial score (nSPS) is 18.1. The molecule has 3 rings (SSSR count). The summed E-state index contributed by atoms with van der Waals surface area (Å²) in [6.07, 6.45) is 0. The van der Waals surface area contributed by atoms with Gasteiger partial charge in [-0.25, -0.2) is 4.68 Å². The van der Waals surface area contributed by atoms with Crippen molar-refractivity contribution < 1.29 is 9.53 Å². The zero-order valence-electron chi connectivity index (χ0n) is 14.9. The van der Waals surface area contributed by atoms with Crippen LogP contribution in [0.5, 0.6) is 0 Å². The fraction of sp³-hybridized carbons (Fsp3) is 0.500. The average Bonchev–Trinajstić information content (AvgIpc) is 2.85. The number of nitrogens with zero attached hydrogens (tertiary/aromatic N) is 2. The van der Waals surface area contributed by atoms with E-state index in [1.165, 1.54) is 4.68 Å². The second-order valence-electron chi connectivity index (χ2n) is 6.74. The second-order valence-corrected chi connectivity index (χ2v) is 7.65. The standard InChI is InChI=1S/C18H23BrN4O3/c1-11(2)17-15-7-12(19)3-4-14(15)18(25)23(22-17)9-16(24)21-13-8-20-5-6-26-10-13/h3-4,7,11,13,20H,5-6,8-10H2,1-2H3,(H,21,24). The molecule has 1 unspecified atom stereocenters. The van der Waals surface area contributed by atoms with E-state index in [2.05, 4.69) is 31.7 Å². The maximum atomic E-state index is 12.8. The maximum absolute atomic E-state index is 12.8. The van der Waals surface area contributed by atoms with Gasteiger partial charge in [0.15, 0.2) is 0 Å². The molecule has 7 nitrogen and oxygen atoms in total. The van der Waals surface area contributed by atoms with Crippen molar-refractivity contribution in [3.05, 3.63) is 38.7 Å². The van der Waals surface area contributed by atoms with E-state index in [9.17, 15) is 9.59 Å². The fourth-order valence-corrected chi connectivity index (χ4v) is 3.39. The Bertz CT molecular complexity index is 857. The van der Waals surface area contributed by atoms with Gasteiger partial charge in [0.05, 0.1) is 30.3 Å². The van der Waals surface area contributed by atoms with Crippen LogP contribution >= 0.6 is 15.9 Å². The Hall–Kier alpha value is -1.77. The number of hydrogen-bond acceptors (Lipinski definition) is 5. The average molecular weight is 423 g/mol. The Kier molecular flexibility index (Phi) is 6.05. The third-order valence-corrected chi connectivity index (χ3v) is 4.78. The summed E-state index contributed by atoms with van der Waals surface area (Å²) in [4.78, 5) is 25.2. The molecular weight excluding hydrogens is 400 g/mol. The van der Waals surface area contributed by atoms with Gasteiger partial charge in [-0.2, -0.15) is 5.10 Å². The largest absolute Gasteiger partial charge is 0.378 e. The molecular formula is C18H23BrN4O3. The zero-order chi connectivity index (χ0) is 18.7. The van der Waals surface area contributed by atoms with Crippen LogP contribution in [0.4, 0.5) is 0 Å². The molecule has 2 aromatic rings. The number of hydrogen-bond donors (Lipinski definition) is 2. The molecule has 1 atom stereocenters. The van der Waals surface area contributed by atoms with Crippen molar-refractivity contribution in [1.29, 1.82) is 0 Å². The lowest BCUT2D eigenvalue weighted by molar-refractivity contribution is -0.122. The smallest absolute Gasteiger partial charge is 0.275 e. The zero-order valence-corrected chi connectivity index (χ0v) is 16.5. The van der Waals surface area contributed by atoms with Crippen LogP contribution in [0.1, 0.15) is 25.5 Å². The van der Waals surface area contributed by atoms with Crippen LogP contribution < -0.4 is 16.2 Å². The van der Waals surface area contributed by atoms with Gasteiger partial charge in [0.1, 0.15) is 6.54 Å². The van der Waals surface area contributed by atoms with Gasteiger partial charge < -0.3 is 15.4 Å². The summed E-state index contributed by atoms with van der Waals surface area (Å²) in [5.74, 6) is -0.121. The maximum Gasteiger partial charge on any atom is 0.275 e. The Morgan fingerprint density at radius 2 is 2.27 bits per heavy atom. The molecule has 8 heteroatoms. The topological polar surface area (TPSA) is 85.2 Å². The van der Waals surface area contributed by atoms with Crippen LogP contribution in [-0.2, 0) is 16.1 Å². The SMILES string of the molecule is CC(C)c1nn(CC(=O)NC2CNCCOC2)c(=O)c2ccc(Br)cc12. The molecule has 0 radical (unpaired) electrons. The first-order chi connectivity index (χ1) is 12.5. The molecule has 1 aromatic carbocycles. The van der Waals surface area contributed by atoms with Crippen LogP contribution in [0.2, 0.25) is 0 Å². The van der Waals surface area contributed by atoms with Crippen molar-refractivity contribution in [3.8, 4) is 0 Å². The van der Waals surface area contributed by atoms with E-state index in [1.54, 1.807) is 6.07 Å². The third kappa shape index (κ3) is 4.31. The minimum Gasteiger partial charge on any atom is -0.378 e. The van der Waals surface area contributed by atoms with Gasteiger partial charge in [0.2, 0.25) is 5.91 Å². The lowest BCUT2D eigenvalue weighted by Gasteiger charge is -2.17. The number of halogens is 1. The van der Waals surface area contributed by atoms with Gasteiger partial charge in [0.25, 0.3) is 5.56 Å². The van der Waals surface area contributed by atoms with E-state index in [4.69, 9.17) is 4.74 Å². The Balaban J connectivity index is 1.87. The van der Waals surface area contributed by atoms with Gasteiger partial charge in [-0.15, -0.1) is 0 Å². The van der Waals surface area contributed by atoms with Crippen molar-refractivity contribution in [2.45, 2.75) is 32.4 Å². The summed E-state index contributed by atoms with van der Waals surface area (Å²) in [7, 11) is 0. The van der Waals surface area contributed by atoms with E-state index < -0.39 is 0 Å². The first kappa shape index (κ1) is 19.0. The number of fused-ring (bicyclic) bond motifs is 1. The molecule has 2 heterocycles. The number of carbonyl (C=O) groups is 1. The highest BCUT2D eigenvalue weighted by Crippen LogP contribution is 2.24. The van der Waals surface area contributed by atoms with Crippen molar-refractivity contribution in [2.75, 3.05) is 26.3 Å². The Morgan fingerprint density at radius 3 is 3.04 bits per heavy atom. The van der Waals surface area contributed by atoms with Gasteiger partial charge in [-0.05, 0) is 24.1 Å².